The van der Waals surface area contributed by atoms with Crippen LogP contribution in [0.15, 0.2) is 77.7 Å². The van der Waals surface area contributed by atoms with Gasteiger partial charge in [0.1, 0.15) is 0 Å². The molecule has 0 aliphatic heterocycles. The maximum absolute atomic E-state index is 13.0. The van der Waals surface area contributed by atoms with Crippen molar-refractivity contribution in [3.63, 3.8) is 0 Å². The summed E-state index contributed by atoms with van der Waals surface area (Å²) in [6.07, 6.45) is 5.37. The third-order valence-corrected chi connectivity index (χ3v) is 6.23. The Kier molecular flexibility index (Phi) is 5.92. The average molecular weight is 425 g/mol. The Morgan fingerprint density at radius 1 is 1.03 bits per heavy atom. The van der Waals surface area contributed by atoms with Crippen LogP contribution in [-0.4, -0.2) is 21.4 Å². The summed E-state index contributed by atoms with van der Waals surface area (Å²) >= 11 is 5.96. The van der Waals surface area contributed by atoms with Gasteiger partial charge in [0.15, 0.2) is 0 Å². The van der Waals surface area contributed by atoms with E-state index in [1.165, 1.54) is 25.2 Å². The maximum atomic E-state index is 13.0. The Balaban J connectivity index is 1.88. The standard InChI is InChI=1S/C22H17ClN2O3S/c1-3-16-7-4-10-19(13-16)24-22(26)17-8-5-12-21(14-17)29(27,28)25(2)20-11-6-9-18(23)15-20/h1,4-15H,2H3,(H,24,26). The molecule has 0 aliphatic rings. The number of carbonyl (C=O) groups excluding carboxylic acids is 1. The topological polar surface area (TPSA) is 66.5 Å². The molecule has 5 nitrogen and oxygen atoms in total. The van der Waals surface area contributed by atoms with Gasteiger partial charge in [-0.2, -0.15) is 0 Å². The predicted octanol–water partition coefficient (Wildman–Crippen LogP) is 4.40. The van der Waals surface area contributed by atoms with E-state index in [4.69, 9.17) is 18.0 Å². The second-order valence-corrected chi connectivity index (χ2v) is 8.57. The fourth-order valence-electron chi connectivity index (χ4n) is 2.66. The van der Waals surface area contributed by atoms with Crippen molar-refractivity contribution in [3.8, 4) is 12.3 Å². The molecule has 0 bridgehead atoms. The minimum absolute atomic E-state index is 0.00926. The van der Waals surface area contributed by atoms with Gasteiger partial charge in [0.2, 0.25) is 0 Å². The Morgan fingerprint density at radius 2 is 1.76 bits per heavy atom. The summed E-state index contributed by atoms with van der Waals surface area (Å²) in [6.45, 7) is 0. The van der Waals surface area contributed by atoms with E-state index in [2.05, 4.69) is 11.2 Å². The highest BCUT2D eigenvalue weighted by Gasteiger charge is 2.22. The lowest BCUT2D eigenvalue weighted by molar-refractivity contribution is 0.102. The molecule has 3 aromatic carbocycles. The van der Waals surface area contributed by atoms with Gasteiger partial charge >= 0.3 is 0 Å². The van der Waals surface area contributed by atoms with E-state index in [9.17, 15) is 13.2 Å². The first kappa shape index (κ1) is 20.5. The van der Waals surface area contributed by atoms with E-state index >= 15 is 0 Å². The lowest BCUT2D eigenvalue weighted by atomic mass is 10.2. The van der Waals surface area contributed by atoms with Crippen molar-refractivity contribution >= 4 is 38.9 Å². The highest BCUT2D eigenvalue weighted by Crippen LogP contribution is 2.25. The zero-order chi connectivity index (χ0) is 21.0. The van der Waals surface area contributed by atoms with E-state index in [1.807, 2.05) is 0 Å². The number of amides is 1. The smallest absolute Gasteiger partial charge is 0.264 e. The average Bonchev–Trinajstić information content (AvgIpc) is 2.73. The number of hydrogen-bond donors (Lipinski definition) is 1. The minimum atomic E-state index is -3.88. The molecule has 1 amide bonds. The summed E-state index contributed by atoms with van der Waals surface area (Å²) in [6, 6.07) is 19.2. The number of halogens is 1. The highest BCUT2D eigenvalue weighted by molar-refractivity contribution is 7.92. The van der Waals surface area contributed by atoms with Gasteiger partial charge in [-0.1, -0.05) is 35.7 Å². The van der Waals surface area contributed by atoms with Crippen LogP contribution in [0.5, 0.6) is 0 Å². The first-order valence-corrected chi connectivity index (χ1v) is 10.4. The van der Waals surface area contributed by atoms with Crippen LogP contribution in [0, 0.1) is 12.3 Å². The molecule has 0 heterocycles. The number of nitrogens with zero attached hydrogens (tertiary/aromatic N) is 1. The molecular formula is C22H17ClN2O3S. The van der Waals surface area contributed by atoms with Gasteiger partial charge in [0.05, 0.1) is 10.6 Å². The third-order valence-electron chi connectivity index (χ3n) is 4.21. The molecule has 29 heavy (non-hydrogen) atoms. The normalized spacial score (nSPS) is 10.8. The minimum Gasteiger partial charge on any atom is -0.322 e. The van der Waals surface area contributed by atoms with Crippen LogP contribution < -0.4 is 9.62 Å². The Hall–Kier alpha value is -3.27. The Labute approximate surface area is 175 Å². The van der Waals surface area contributed by atoms with Gasteiger partial charge in [-0.25, -0.2) is 8.42 Å². The Bertz CT molecular complexity index is 1220. The molecule has 0 atom stereocenters. The predicted molar refractivity (Wildman–Crippen MR) is 116 cm³/mol. The van der Waals surface area contributed by atoms with Gasteiger partial charge in [0.25, 0.3) is 15.9 Å². The third kappa shape index (κ3) is 4.60. The molecule has 0 spiro atoms. The molecule has 146 valence electrons. The molecule has 3 aromatic rings. The van der Waals surface area contributed by atoms with Crippen LogP contribution in [0.2, 0.25) is 5.02 Å². The van der Waals surface area contributed by atoms with E-state index in [0.29, 0.717) is 22.0 Å². The van der Waals surface area contributed by atoms with Crippen LogP contribution in [0.3, 0.4) is 0 Å². The summed E-state index contributed by atoms with van der Waals surface area (Å²) in [5.74, 6) is 2.05. The van der Waals surface area contributed by atoms with Crippen molar-refractivity contribution in [1.82, 2.24) is 0 Å². The van der Waals surface area contributed by atoms with E-state index in [0.717, 1.165) is 4.31 Å². The zero-order valence-corrected chi connectivity index (χ0v) is 17.0. The van der Waals surface area contributed by atoms with Crippen molar-refractivity contribution in [2.24, 2.45) is 0 Å². The van der Waals surface area contributed by atoms with Gasteiger partial charge in [-0.3, -0.25) is 9.10 Å². The fraction of sp³-hybridized carbons (Fsp3) is 0.0455. The van der Waals surface area contributed by atoms with Gasteiger partial charge in [-0.15, -0.1) is 6.42 Å². The number of nitrogens with one attached hydrogen (secondary N) is 1. The number of carbonyl (C=O) groups is 1. The number of rotatable bonds is 5. The van der Waals surface area contributed by atoms with Crippen LogP contribution in [0.1, 0.15) is 15.9 Å². The largest absolute Gasteiger partial charge is 0.322 e. The molecule has 1 N–H and O–H groups in total. The number of benzene rings is 3. The van der Waals surface area contributed by atoms with Gasteiger partial charge < -0.3 is 5.32 Å². The van der Waals surface area contributed by atoms with Crippen LogP contribution in [0.25, 0.3) is 0 Å². The van der Waals surface area contributed by atoms with Crippen LogP contribution in [0.4, 0.5) is 11.4 Å². The molecule has 0 radical (unpaired) electrons. The molecule has 3 rings (SSSR count). The summed E-state index contributed by atoms with van der Waals surface area (Å²) in [4.78, 5) is 12.6. The molecule has 0 aliphatic carbocycles. The fourth-order valence-corrected chi connectivity index (χ4v) is 4.07. The molecule has 0 saturated heterocycles. The molecule has 7 heteroatoms. The highest BCUT2D eigenvalue weighted by atomic mass is 35.5. The quantitative estimate of drug-likeness (QED) is 0.617. The number of terminal acetylenes is 1. The van der Waals surface area contributed by atoms with Crippen LogP contribution in [-0.2, 0) is 10.0 Å². The van der Waals surface area contributed by atoms with Crippen molar-refractivity contribution in [2.75, 3.05) is 16.7 Å². The molecule has 0 aromatic heterocycles. The van der Waals surface area contributed by atoms with E-state index < -0.39 is 15.9 Å². The van der Waals surface area contributed by atoms with Crippen LogP contribution >= 0.6 is 11.6 Å². The van der Waals surface area contributed by atoms with Gasteiger partial charge in [-0.05, 0) is 54.6 Å². The first-order valence-electron chi connectivity index (χ1n) is 8.54. The van der Waals surface area contributed by atoms with Crippen molar-refractivity contribution in [3.05, 3.63) is 88.9 Å². The van der Waals surface area contributed by atoms with E-state index in [1.54, 1.807) is 54.6 Å². The summed E-state index contributed by atoms with van der Waals surface area (Å²) in [5, 5.41) is 3.14. The first-order chi connectivity index (χ1) is 13.8. The molecule has 0 unspecified atom stereocenters. The van der Waals surface area contributed by atoms with Gasteiger partial charge in [0, 0.05) is 28.9 Å². The lowest BCUT2D eigenvalue weighted by Crippen LogP contribution is -2.26. The maximum Gasteiger partial charge on any atom is 0.264 e. The SMILES string of the molecule is C#Cc1cccc(NC(=O)c2cccc(S(=O)(=O)N(C)c3cccc(Cl)c3)c2)c1. The molecule has 0 saturated carbocycles. The van der Waals surface area contributed by atoms with Crippen molar-refractivity contribution in [2.45, 2.75) is 4.90 Å². The van der Waals surface area contributed by atoms with Crippen molar-refractivity contribution in [1.29, 1.82) is 0 Å². The molecule has 0 fully saturated rings. The lowest BCUT2D eigenvalue weighted by Gasteiger charge is -2.20. The number of sulfonamides is 1. The van der Waals surface area contributed by atoms with Crippen molar-refractivity contribution < 1.29 is 13.2 Å². The van der Waals surface area contributed by atoms with E-state index in [-0.39, 0.29) is 10.5 Å². The number of anilines is 2. The summed E-state index contributed by atoms with van der Waals surface area (Å²) < 4.78 is 27.1. The number of hydrogen-bond acceptors (Lipinski definition) is 3. The monoisotopic (exact) mass is 424 g/mol. The second-order valence-electron chi connectivity index (χ2n) is 6.16. The summed E-state index contributed by atoms with van der Waals surface area (Å²) in [7, 11) is -2.45. The summed E-state index contributed by atoms with van der Waals surface area (Å²) in [5.41, 5.74) is 1.77. The zero-order valence-electron chi connectivity index (χ0n) is 15.5. The second kappa shape index (κ2) is 8.39. The Morgan fingerprint density at radius 3 is 2.48 bits per heavy atom. The molecular weight excluding hydrogens is 408 g/mol.